The van der Waals surface area contributed by atoms with Gasteiger partial charge in [-0.2, -0.15) is 0 Å². The van der Waals surface area contributed by atoms with Gasteiger partial charge in [-0.1, -0.05) is 11.8 Å². The highest BCUT2D eigenvalue weighted by Crippen LogP contribution is 2.23. The summed E-state index contributed by atoms with van der Waals surface area (Å²) in [7, 11) is 0. The van der Waals surface area contributed by atoms with Crippen molar-refractivity contribution in [3.63, 3.8) is 0 Å². The molecule has 0 aliphatic rings. The molecular formula is C16H13FN4O2S. The molecule has 0 radical (unpaired) electrons. The Morgan fingerprint density at radius 1 is 1.25 bits per heavy atom. The molecule has 0 unspecified atom stereocenters. The molecule has 0 fully saturated rings. The first-order chi connectivity index (χ1) is 11.6. The lowest BCUT2D eigenvalue weighted by Gasteiger charge is -2.04. The number of pyridine rings is 1. The largest absolute Gasteiger partial charge is 0.411 e. The normalized spacial score (nSPS) is 10.6. The van der Waals surface area contributed by atoms with Crippen molar-refractivity contribution in [2.24, 2.45) is 0 Å². The van der Waals surface area contributed by atoms with Gasteiger partial charge in [-0.05, 0) is 43.3 Å². The highest BCUT2D eigenvalue weighted by Gasteiger charge is 2.11. The molecule has 0 saturated heterocycles. The third-order valence-corrected chi connectivity index (χ3v) is 3.82. The van der Waals surface area contributed by atoms with E-state index < -0.39 is 0 Å². The molecule has 24 heavy (non-hydrogen) atoms. The van der Waals surface area contributed by atoms with Crippen molar-refractivity contribution in [3.8, 4) is 11.5 Å². The van der Waals surface area contributed by atoms with Crippen molar-refractivity contribution in [2.45, 2.75) is 12.1 Å². The van der Waals surface area contributed by atoms with Crippen LogP contribution in [0.4, 0.5) is 10.1 Å². The number of aromatic nitrogens is 3. The number of halogens is 1. The van der Waals surface area contributed by atoms with Crippen LogP contribution in [0.5, 0.6) is 0 Å². The predicted octanol–water partition coefficient (Wildman–Crippen LogP) is 3.31. The number of carbonyl (C=O) groups is 1. The number of benzene rings is 1. The molecule has 0 bridgehead atoms. The van der Waals surface area contributed by atoms with Crippen LogP contribution in [0.3, 0.4) is 0 Å². The molecule has 0 aliphatic carbocycles. The molecule has 0 atom stereocenters. The van der Waals surface area contributed by atoms with Gasteiger partial charge in [0.1, 0.15) is 5.82 Å². The van der Waals surface area contributed by atoms with E-state index in [-0.39, 0.29) is 28.6 Å². The smallest absolute Gasteiger partial charge is 0.277 e. The molecule has 1 N–H and O–H groups in total. The van der Waals surface area contributed by atoms with Crippen LogP contribution in [0.2, 0.25) is 0 Å². The van der Waals surface area contributed by atoms with Gasteiger partial charge < -0.3 is 9.73 Å². The molecule has 1 aromatic carbocycles. The maximum absolute atomic E-state index is 12.9. The number of nitrogens with one attached hydrogen (secondary N) is 1. The maximum atomic E-state index is 12.9. The Hall–Kier alpha value is -2.74. The number of aryl methyl sites for hydroxylation is 1. The monoisotopic (exact) mass is 344 g/mol. The summed E-state index contributed by atoms with van der Waals surface area (Å²) >= 11 is 1.13. The molecule has 0 spiro atoms. The molecule has 0 saturated carbocycles. The second kappa shape index (κ2) is 7.22. The average Bonchev–Trinajstić information content (AvgIpc) is 3.03. The zero-order chi connectivity index (χ0) is 16.9. The molecule has 6 nitrogen and oxygen atoms in total. The summed E-state index contributed by atoms with van der Waals surface area (Å²) in [5, 5.41) is 10.8. The van der Waals surface area contributed by atoms with Crippen molar-refractivity contribution in [3.05, 3.63) is 54.1 Å². The SMILES string of the molecule is Cc1cc(NC(=O)CSc2nnc(-c3ccc(F)cc3)o2)ccn1. The van der Waals surface area contributed by atoms with Crippen molar-refractivity contribution in [1.29, 1.82) is 0 Å². The van der Waals surface area contributed by atoms with Crippen molar-refractivity contribution < 1.29 is 13.6 Å². The number of rotatable bonds is 5. The fourth-order valence-corrected chi connectivity index (χ4v) is 2.49. The maximum Gasteiger partial charge on any atom is 0.277 e. The molecule has 122 valence electrons. The third-order valence-electron chi connectivity index (χ3n) is 3.00. The van der Waals surface area contributed by atoms with E-state index in [9.17, 15) is 9.18 Å². The first kappa shape index (κ1) is 16.1. The highest BCUT2D eigenvalue weighted by atomic mass is 32.2. The van der Waals surface area contributed by atoms with E-state index in [0.717, 1.165) is 17.5 Å². The van der Waals surface area contributed by atoms with E-state index in [1.807, 2.05) is 6.92 Å². The zero-order valence-electron chi connectivity index (χ0n) is 12.7. The van der Waals surface area contributed by atoms with Gasteiger partial charge in [-0.25, -0.2) is 4.39 Å². The molecule has 3 aromatic rings. The second-order valence-electron chi connectivity index (χ2n) is 4.90. The number of hydrogen-bond donors (Lipinski definition) is 1. The fraction of sp³-hybridized carbons (Fsp3) is 0.125. The van der Waals surface area contributed by atoms with Gasteiger partial charge in [0.05, 0.1) is 5.75 Å². The van der Waals surface area contributed by atoms with Gasteiger partial charge in [0.25, 0.3) is 5.22 Å². The molecule has 8 heteroatoms. The number of anilines is 1. The molecule has 2 heterocycles. The highest BCUT2D eigenvalue weighted by molar-refractivity contribution is 7.99. The first-order valence-electron chi connectivity index (χ1n) is 7.05. The zero-order valence-corrected chi connectivity index (χ0v) is 13.5. The van der Waals surface area contributed by atoms with E-state index in [4.69, 9.17) is 4.42 Å². The minimum absolute atomic E-state index is 0.131. The van der Waals surface area contributed by atoms with Crippen LogP contribution in [-0.4, -0.2) is 26.8 Å². The Labute approximate surface area is 141 Å². The summed E-state index contributed by atoms with van der Waals surface area (Å²) in [5.41, 5.74) is 2.12. The molecule has 2 aromatic heterocycles. The van der Waals surface area contributed by atoms with Crippen LogP contribution in [-0.2, 0) is 4.79 Å². The average molecular weight is 344 g/mol. The number of amides is 1. The molecular weight excluding hydrogens is 331 g/mol. The van der Waals surface area contributed by atoms with E-state index in [1.54, 1.807) is 30.5 Å². The van der Waals surface area contributed by atoms with Crippen molar-refractivity contribution in [2.75, 3.05) is 11.1 Å². The van der Waals surface area contributed by atoms with Crippen LogP contribution in [0.25, 0.3) is 11.5 Å². The van der Waals surface area contributed by atoms with Crippen molar-refractivity contribution >= 4 is 23.4 Å². The number of hydrogen-bond acceptors (Lipinski definition) is 6. The summed E-state index contributed by atoms with van der Waals surface area (Å²) in [6, 6.07) is 9.23. The Morgan fingerprint density at radius 3 is 2.79 bits per heavy atom. The van der Waals surface area contributed by atoms with Gasteiger partial charge in [0, 0.05) is 23.1 Å². The number of thioether (sulfide) groups is 1. The summed E-state index contributed by atoms with van der Waals surface area (Å²) in [6.45, 7) is 1.85. The van der Waals surface area contributed by atoms with Crippen LogP contribution in [0.1, 0.15) is 5.69 Å². The van der Waals surface area contributed by atoms with E-state index >= 15 is 0 Å². The lowest BCUT2D eigenvalue weighted by Crippen LogP contribution is -2.14. The number of nitrogens with zero attached hydrogens (tertiary/aromatic N) is 3. The summed E-state index contributed by atoms with van der Waals surface area (Å²) < 4.78 is 18.4. The minimum atomic E-state index is -0.337. The summed E-state index contributed by atoms with van der Waals surface area (Å²) in [4.78, 5) is 16.0. The van der Waals surface area contributed by atoms with Gasteiger partial charge in [0.15, 0.2) is 0 Å². The Kier molecular flexibility index (Phi) is 4.85. The van der Waals surface area contributed by atoms with Gasteiger partial charge in [0.2, 0.25) is 11.8 Å². The fourth-order valence-electron chi connectivity index (χ4n) is 1.92. The van der Waals surface area contributed by atoms with Crippen LogP contribution in [0, 0.1) is 12.7 Å². The van der Waals surface area contributed by atoms with Crippen LogP contribution >= 0.6 is 11.8 Å². The lowest BCUT2D eigenvalue weighted by atomic mass is 10.2. The van der Waals surface area contributed by atoms with E-state index in [0.29, 0.717) is 11.3 Å². The standard InChI is InChI=1S/C16H13FN4O2S/c1-10-8-13(6-7-18-10)19-14(22)9-24-16-21-20-15(23-16)11-2-4-12(17)5-3-11/h2-8H,9H2,1H3,(H,18,19,22). The molecule has 0 aliphatic heterocycles. The minimum Gasteiger partial charge on any atom is -0.411 e. The van der Waals surface area contributed by atoms with Crippen LogP contribution < -0.4 is 5.32 Å². The van der Waals surface area contributed by atoms with Gasteiger partial charge in [-0.3, -0.25) is 9.78 Å². The molecule has 1 amide bonds. The summed E-state index contributed by atoms with van der Waals surface area (Å²) in [5.74, 6) is -0.113. The Morgan fingerprint density at radius 2 is 2.04 bits per heavy atom. The summed E-state index contributed by atoms with van der Waals surface area (Å²) in [6.07, 6.45) is 1.63. The lowest BCUT2D eigenvalue weighted by molar-refractivity contribution is -0.113. The van der Waals surface area contributed by atoms with Crippen molar-refractivity contribution in [1.82, 2.24) is 15.2 Å². The van der Waals surface area contributed by atoms with Gasteiger partial charge in [-0.15, -0.1) is 10.2 Å². The van der Waals surface area contributed by atoms with E-state index in [1.165, 1.54) is 12.1 Å². The van der Waals surface area contributed by atoms with Crippen LogP contribution in [0.15, 0.2) is 52.2 Å². The van der Waals surface area contributed by atoms with E-state index in [2.05, 4.69) is 20.5 Å². The predicted molar refractivity (Wildman–Crippen MR) is 88.0 cm³/mol. The Balaban J connectivity index is 1.57. The van der Waals surface area contributed by atoms with Gasteiger partial charge >= 0.3 is 0 Å². The quantitative estimate of drug-likeness (QED) is 0.715. The topological polar surface area (TPSA) is 80.9 Å². The Bertz CT molecular complexity index is 851. The first-order valence-corrected chi connectivity index (χ1v) is 8.03. The second-order valence-corrected chi connectivity index (χ2v) is 5.83. The number of carbonyl (C=O) groups excluding carboxylic acids is 1. The molecule has 3 rings (SSSR count). The third kappa shape index (κ3) is 4.17.